The Kier molecular flexibility index (Phi) is 5.01. The summed E-state index contributed by atoms with van der Waals surface area (Å²) in [6.07, 6.45) is 3.93. The van der Waals surface area contributed by atoms with Crippen molar-refractivity contribution in [3.63, 3.8) is 0 Å². The zero-order chi connectivity index (χ0) is 20.2. The molecule has 8 heteroatoms. The highest BCUT2D eigenvalue weighted by Crippen LogP contribution is 2.46. The van der Waals surface area contributed by atoms with Crippen LogP contribution in [0.2, 0.25) is 0 Å². The van der Waals surface area contributed by atoms with E-state index >= 15 is 0 Å². The van der Waals surface area contributed by atoms with Gasteiger partial charge in [0.2, 0.25) is 16.8 Å². The number of ether oxygens (including phenoxy) is 2. The molecule has 4 atom stereocenters. The molecule has 7 nitrogen and oxygen atoms in total. The van der Waals surface area contributed by atoms with Crippen molar-refractivity contribution in [2.75, 3.05) is 38.7 Å². The molecule has 1 unspecified atom stereocenters. The average molecular weight is 422 g/mol. The first-order valence-electron chi connectivity index (χ1n) is 10.8. The van der Waals surface area contributed by atoms with Gasteiger partial charge in [0.05, 0.1) is 5.75 Å². The third-order valence-corrected chi connectivity index (χ3v) is 9.32. The minimum atomic E-state index is -3.30. The lowest BCUT2D eigenvalue weighted by Crippen LogP contribution is -2.58. The van der Waals surface area contributed by atoms with Crippen LogP contribution in [0.4, 0.5) is 0 Å². The van der Waals surface area contributed by atoms with Crippen molar-refractivity contribution < 1.29 is 17.9 Å². The second-order valence-electron chi connectivity index (χ2n) is 9.10. The number of nitrogens with zero attached hydrogens (tertiary/aromatic N) is 2. The highest BCUT2D eigenvalue weighted by molar-refractivity contribution is 7.89. The van der Waals surface area contributed by atoms with Crippen molar-refractivity contribution in [3.05, 3.63) is 23.3 Å². The van der Waals surface area contributed by atoms with E-state index in [1.165, 1.54) is 11.1 Å². The molecule has 0 amide bonds. The van der Waals surface area contributed by atoms with Gasteiger partial charge in [-0.15, -0.1) is 0 Å². The predicted octanol–water partition coefficient (Wildman–Crippen LogP) is 1.72. The Morgan fingerprint density at radius 3 is 2.83 bits per heavy atom. The average Bonchev–Trinajstić information content (AvgIpc) is 3.17. The SMILES string of the molecule is CC(CN)CS(=O)(=O)N1CCC[C@H]2CN3CCc4cc5c(cc4[C@@H]3C[C@H]21)OCO5. The fraction of sp³-hybridized carbons (Fsp3) is 0.714. The van der Waals surface area contributed by atoms with Crippen molar-refractivity contribution in [2.45, 2.75) is 44.7 Å². The summed E-state index contributed by atoms with van der Waals surface area (Å²) in [6, 6.07) is 4.58. The number of rotatable bonds is 4. The Labute approximate surface area is 173 Å². The summed E-state index contributed by atoms with van der Waals surface area (Å²) in [5.74, 6) is 2.20. The topological polar surface area (TPSA) is 85.1 Å². The fourth-order valence-corrected chi connectivity index (χ4v) is 7.79. The van der Waals surface area contributed by atoms with Crippen LogP contribution in [0.1, 0.15) is 43.4 Å². The van der Waals surface area contributed by atoms with Gasteiger partial charge >= 0.3 is 0 Å². The van der Waals surface area contributed by atoms with Crippen LogP contribution in [0.5, 0.6) is 11.5 Å². The number of fused-ring (bicyclic) bond motifs is 5. The van der Waals surface area contributed by atoms with Gasteiger partial charge in [0.25, 0.3) is 0 Å². The van der Waals surface area contributed by atoms with Crippen LogP contribution in [-0.2, 0) is 16.4 Å². The number of sulfonamides is 1. The molecule has 160 valence electrons. The van der Waals surface area contributed by atoms with Gasteiger partial charge in [-0.1, -0.05) is 6.92 Å². The summed E-state index contributed by atoms with van der Waals surface area (Å²) in [6.45, 7) is 5.24. The molecule has 1 aromatic rings. The zero-order valence-corrected chi connectivity index (χ0v) is 17.9. The highest BCUT2D eigenvalue weighted by Gasteiger charge is 2.46. The standard InChI is InChI=1S/C21H31N3O4S/c1-14(10-22)12-29(25,26)24-5-2-3-16-11-23-6-4-15-7-20-21(28-13-27-20)8-17(15)19(23)9-18(16)24/h7-8,14,16,18-19H,2-6,9-13,22H2,1H3/t14?,16-,18+,19-/m0/s1. The molecule has 0 saturated carbocycles. The van der Waals surface area contributed by atoms with Crippen LogP contribution < -0.4 is 15.2 Å². The Bertz CT molecular complexity index is 890. The van der Waals surface area contributed by atoms with Gasteiger partial charge in [-0.3, -0.25) is 4.90 Å². The van der Waals surface area contributed by atoms with Crippen molar-refractivity contribution in [2.24, 2.45) is 17.6 Å². The van der Waals surface area contributed by atoms with Gasteiger partial charge in [-0.25, -0.2) is 8.42 Å². The summed E-state index contributed by atoms with van der Waals surface area (Å²) in [7, 11) is -3.30. The molecule has 4 aliphatic heterocycles. The van der Waals surface area contributed by atoms with E-state index in [1.807, 2.05) is 11.2 Å². The Morgan fingerprint density at radius 2 is 2.03 bits per heavy atom. The molecule has 0 spiro atoms. The predicted molar refractivity (Wildman–Crippen MR) is 110 cm³/mol. The summed E-state index contributed by atoms with van der Waals surface area (Å²) >= 11 is 0. The van der Waals surface area contributed by atoms with E-state index in [2.05, 4.69) is 17.0 Å². The van der Waals surface area contributed by atoms with E-state index in [9.17, 15) is 8.42 Å². The monoisotopic (exact) mass is 421 g/mol. The number of piperidine rings is 2. The van der Waals surface area contributed by atoms with Crippen molar-refractivity contribution in [1.29, 1.82) is 0 Å². The molecule has 29 heavy (non-hydrogen) atoms. The van der Waals surface area contributed by atoms with Gasteiger partial charge < -0.3 is 15.2 Å². The first kappa shape index (κ1) is 19.6. The van der Waals surface area contributed by atoms with Gasteiger partial charge in [-0.2, -0.15) is 4.31 Å². The second kappa shape index (κ2) is 7.41. The molecule has 4 aliphatic rings. The number of nitrogens with two attached hydrogens (primary N) is 1. The van der Waals surface area contributed by atoms with Crippen LogP contribution in [0.25, 0.3) is 0 Å². The molecule has 2 fully saturated rings. The third kappa shape index (κ3) is 3.44. The smallest absolute Gasteiger partial charge is 0.231 e. The van der Waals surface area contributed by atoms with E-state index < -0.39 is 10.0 Å². The maximum absolute atomic E-state index is 13.2. The molecular weight excluding hydrogens is 390 g/mol. The van der Waals surface area contributed by atoms with E-state index in [0.29, 0.717) is 19.0 Å². The van der Waals surface area contributed by atoms with Gasteiger partial charge in [0.15, 0.2) is 11.5 Å². The molecule has 2 saturated heterocycles. The van der Waals surface area contributed by atoms with Gasteiger partial charge in [0.1, 0.15) is 0 Å². The van der Waals surface area contributed by atoms with E-state index in [4.69, 9.17) is 15.2 Å². The Morgan fingerprint density at radius 1 is 1.24 bits per heavy atom. The van der Waals surface area contributed by atoms with Gasteiger partial charge in [-0.05, 0) is 67.3 Å². The fourth-order valence-electron chi connectivity index (χ4n) is 5.66. The van der Waals surface area contributed by atoms with Crippen LogP contribution in [0, 0.1) is 11.8 Å². The Hall–Kier alpha value is -1.35. The van der Waals surface area contributed by atoms with Crippen molar-refractivity contribution in [3.8, 4) is 11.5 Å². The largest absolute Gasteiger partial charge is 0.454 e. The molecule has 0 aromatic heterocycles. The molecule has 2 N–H and O–H groups in total. The molecule has 0 aliphatic carbocycles. The Balaban J connectivity index is 1.44. The van der Waals surface area contributed by atoms with Crippen LogP contribution in [0.3, 0.4) is 0 Å². The van der Waals surface area contributed by atoms with E-state index in [1.54, 1.807) is 0 Å². The maximum Gasteiger partial charge on any atom is 0.231 e. The molecule has 0 radical (unpaired) electrons. The second-order valence-corrected chi connectivity index (χ2v) is 11.1. The lowest BCUT2D eigenvalue weighted by Gasteiger charge is -2.51. The first-order valence-corrected chi connectivity index (χ1v) is 12.4. The quantitative estimate of drug-likeness (QED) is 0.797. The number of hydrogen-bond acceptors (Lipinski definition) is 6. The van der Waals surface area contributed by atoms with Crippen LogP contribution in [-0.4, -0.2) is 62.4 Å². The lowest BCUT2D eigenvalue weighted by atomic mass is 9.77. The molecule has 4 heterocycles. The van der Waals surface area contributed by atoms with E-state index in [-0.39, 0.29) is 30.5 Å². The normalized spacial score (nSPS) is 30.3. The highest BCUT2D eigenvalue weighted by atomic mass is 32.2. The lowest BCUT2D eigenvalue weighted by molar-refractivity contribution is 0.0218. The number of benzene rings is 1. The minimum Gasteiger partial charge on any atom is -0.454 e. The maximum atomic E-state index is 13.2. The summed E-state index contributed by atoms with van der Waals surface area (Å²) in [4.78, 5) is 2.56. The summed E-state index contributed by atoms with van der Waals surface area (Å²) < 4.78 is 39.4. The molecule has 1 aromatic carbocycles. The molecule has 0 bridgehead atoms. The third-order valence-electron chi connectivity index (χ3n) is 7.16. The molecular formula is C21H31N3O4S. The summed E-state index contributed by atoms with van der Waals surface area (Å²) in [5, 5.41) is 0. The summed E-state index contributed by atoms with van der Waals surface area (Å²) in [5.41, 5.74) is 8.32. The van der Waals surface area contributed by atoms with Gasteiger partial charge in [0, 0.05) is 31.7 Å². The van der Waals surface area contributed by atoms with Crippen molar-refractivity contribution in [1.82, 2.24) is 9.21 Å². The zero-order valence-electron chi connectivity index (χ0n) is 17.0. The van der Waals surface area contributed by atoms with Crippen LogP contribution in [0.15, 0.2) is 12.1 Å². The minimum absolute atomic E-state index is 0.0180. The van der Waals surface area contributed by atoms with Crippen molar-refractivity contribution >= 4 is 10.0 Å². The number of hydrogen-bond donors (Lipinski definition) is 1. The van der Waals surface area contributed by atoms with Crippen LogP contribution >= 0.6 is 0 Å². The first-order chi connectivity index (χ1) is 14.0. The molecule has 5 rings (SSSR count). The van der Waals surface area contributed by atoms with E-state index in [0.717, 1.165) is 50.3 Å².